The molecule has 168 valence electrons. The van der Waals surface area contributed by atoms with Crippen molar-refractivity contribution in [1.82, 2.24) is 5.32 Å². The van der Waals surface area contributed by atoms with E-state index in [9.17, 15) is 40.6 Å². The summed E-state index contributed by atoms with van der Waals surface area (Å²) in [7, 11) is 0. The number of nitrogens with one attached hydrogen (secondary N) is 1. The Morgan fingerprint density at radius 1 is 1.10 bits per heavy atom. The quantitative estimate of drug-likeness (QED) is 0.675. The summed E-state index contributed by atoms with van der Waals surface area (Å²) < 4.78 is 92.6. The molecular formula is C20H22F7NO2. The third-order valence-corrected chi connectivity index (χ3v) is 6.20. The standard InChI is InChI=1S/C20H22F7NO2/c1-10(29)9-28-17(30)16-7-6-14-13-5-3-12(8-11(13)2-4-15(14)16)18(21,19(22,23)24)20(25,26)27/h3,5,8,10,14-16,29H,2,4,6-7,9H2,1H3,(H,28,30)/t10?,14?,15?,16-/m1/s1. The number of benzene rings is 1. The summed E-state index contributed by atoms with van der Waals surface area (Å²) >= 11 is 0. The lowest BCUT2D eigenvalue weighted by Crippen LogP contribution is -2.50. The number of amides is 1. The van der Waals surface area contributed by atoms with Gasteiger partial charge in [0.05, 0.1) is 6.10 Å². The van der Waals surface area contributed by atoms with Gasteiger partial charge in [0.25, 0.3) is 0 Å². The molecule has 1 aromatic rings. The van der Waals surface area contributed by atoms with E-state index in [1.54, 1.807) is 0 Å². The smallest absolute Gasteiger partial charge is 0.392 e. The minimum absolute atomic E-state index is 0.0974. The highest BCUT2D eigenvalue weighted by molar-refractivity contribution is 5.79. The molecule has 1 amide bonds. The number of alkyl halides is 7. The van der Waals surface area contributed by atoms with Crippen LogP contribution < -0.4 is 5.32 Å². The molecule has 0 aromatic heterocycles. The molecule has 2 N–H and O–H groups in total. The molecule has 10 heteroatoms. The van der Waals surface area contributed by atoms with E-state index < -0.39 is 29.7 Å². The van der Waals surface area contributed by atoms with Gasteiger partial charge in [0.2, 0.25) is 5.91 Å². The molecule has 0 radical (unpaired) electrons. The number of carbonyl (C=O) groups excluding carboxylic acids is 1. The maximum Gasteiger partial charge on any atom is 0.435 e. The Bertz CT molecular complexity index is 789. The van der Waals surface area contributed by atoms with Crippen LogP contribution in [-0.4, -0.2) is 36.0 Å². The number of hydrogen-bond acceptors (Lipinski definition) is 2. The molecule has 1 fully saturated rings. The van der Waals surface area contributed by atoms with Crippen molar-refractivity contribution in [3.05, 3.63) is 34.9 Å². The second-order valence-corrected chi connectivity index (χ2v) is 8.15. The molecule has 3 unspecified atom stereocenters. The lowest BCUT2D eigenvalue weighted by molar-refractivity contribution is -0.348. The van der Waals surface area contributed by atoms with Crippen LogP contribution in [0.25, 0.3) is 0 Å². The first-order valence-electron chi connectivity index (χ1n) is 9.68. The van der Waals surface area contributed by atoms with E-state index in [-0.39, 0.29) is 42.2 Å². The van der Waals surface area contributed by atoms with E-state index in [4.69, 9.17) is 0 Å². The van der Waals surface area contributed by atoms with Crippen LogP contribution in [-0.2, 0) is 16.9 Å². The maximum atomic E-state index is 14.4. The number of halogens is 7. The molecule has 30 heavy (non-hydrogen) atoms. The Labute approximate surface area is 168 Å². The van der Waals surface area contributed by atoms with E-state index in [1.165, 1.54) is 6.92 Å². The van der Waals surface area contributed by atoms with Gasteiger partial charge in [-0.15, -0.1) is 0 Å². The van der Waals surface area contributed by atoms with E-state index in [2.05, 4.69) is 5.32 Å². The van der Waals surface area contributed by atoms with E-state index in [1.807, 2.05) is 0 Å². The second-order valence-electron chi connectivity index (χ2n) is 8.15. The normalized spacial score (nSPS) is 25.4. The van der Waals surface area contributed by atoms with Gasteiger partial charge in [-0.25, -0.2) is 4.39 Å². The number of aliphatic hydroxyl groups excluding tert-OH is 1. The fourth-order valence-electron chi connectivity index (χ4n) is 4.77. The van der Waals surface area contributed by atoms with E-state index in [0.29, 0.717) is 37.0 Å². The number of aliphatic hydroxyl groups is 1. The Balaban J connectivity index is 1.88. The van der Waals surface area contributed by atoms with Gasteiger partial charge in [0.15, 0.2) is 0 Å². The molecule has 4 atom stereocenters. The van der Waals surface area contributed by atoms with Gasteiger partial charge >= 0.3 is 18.0 Å². The van der Waals surface area contributed by atoms with Gasteiger partial charge in [-0.1, -0.05) is 18.2 Å². The number of fused-ring (bicyclic) bond motifs is 3. The van der Waals surface area contributed by atoms with Crippen molar-refractivity contribution >= 4 is 5.91 Å². The van der Waals surface area contributed by atoms with Crippen LogP contribution >= 0.6 is 0 Å². The van der Waals surface area contributed by atoms with Gasteiger partial charge in [0, 0.05) is 18.0 Å². The molecule has 3 rings (SSSR count). The Morgan fingerprint density at radius 2 is 1.73 bits per heavy atom. The molecule has 0 spiro atoms. The third kappa shape index (κ3) is 3.78. The van der Waals surface area contributed by atoms with Crippen LogP contribution in [0.2, 0.25) is 0 Å². The molecule has 1 aromatic carbocycles. The molecule has 0 aliphatic heterocycles. The van der Waals surface area contributed by atoms with E-state index in [0.717, 1.165) is 6.07 Å². The number of carbonyl (C=O) groups is 1. The first kappa shape index (κ1) is 22.8. The van der Waals surface area contributed by atoms with Crippen molar-refractivity contribution in [2.75, 3.05) is 6.54 Å². The number of aryl methyl sites for hydroxylation is 1. The van der Waals surface area contributed by atoms with E-state index >= 15 is 0 Å². The predicted octanol–water partition coefficient (Wildman–Crippen LogP) is 4.53. The Hall–Kier alpha value is -1.84. The highest BCUT2D eigenvalue weighted by Crippen LogP contribution is 2.55. The summed E-state index contributed by atoms with van der Waals surface area (Å²) in [5, 5.41) is 12.0. The first-order chi connectivity index (χ1) is 13.8. The van der Waals surface area contributed by atoms with Crippen LogP contribution in [0.3, 0.4) is 0 Å². The van der Waals surface area contributed by atoms with Crippen LogP contribution in [0.1, 0.15) is 48.8 Å². The molecule has 0 heterocycles. The van der Waals surface area contributed by atoms with Crippen molar-refractivity contribution in [2.24, 2.45) is 11.8 Å². The number of rotatable bonds is 4. The zero-order chi connectivity index (χ0) is 22.5. The van der Waals surface area contributed by atoms with Gasteiger partial charge in [0.1, 0.15) is 0 Å². The summed E-state index contributed by atoms with van der Waals surface area (Å²) in [4.78, 5) is 12.4. The molecular weight excluding hydrogens is 419 g/mol. The van der Waals surface area contributed by atoms with Crippen molar-refractivity contribution < 1.29 is 40.6 Å². The average Bonchev–Trinajstić information content (AvgIpc) is 3.07. The molecule has 3 nitrogen and oxygen atoms in total. The maximum absolute atomic E-state index is 14.4. The summed E-state index contributed by atoms with van der Waals surface area (Å²) in [6.07, 6.45) is -11.3. The van der Waals surface area contributed by atoms with Crippen molar-refractivity contribution in [3.63, 3.8) is 0 Å². The molecule has 1 saturated carbocycles. The molecule has 0 bridgehead atoms. The summed E-state index contributed by atoms with van der Waals surface area (Å²) in [6, 6.07) is 2.37. The first-order valence-corrected chi connectivity index (χ1v) is 9.68. The fraction of sp³-hybridized carbons (Fsp3) is 0.650. The minimum Gasteiger partial charge on any atom is -0.392 e. The highest BCUT2D eigenvalue weighted by Gasteiger charge is 2.73. The van der Waals surface area contributed by atoms with Gasteiger partial charge in [-0.2, -0.15) is 26.3 Å². The second kappa shape index (κ2) is 7.69. The van der Waals surface area contributed by atoms with Crippen molar-refractivity contribution in [2.45, 2.75) is 62.7 Å². The van der Waals surface area contributed by atoms with Crippen LogP contribution in [0, 0.1) is 11.8 Å². The number of hydrogen-bond donors (Lipinski definition) is 2. The summed E-state index contributed by atoms with van der Waals surface area (Å²) in [5.41, 5.74) is -6.07. The zero-order valence-electron chi connectivity index (χ0n) is 16.1. The van der Waals surface area contributed by atoms with Gasteiger partial charge in [-0.3, -0.25) is 4.79 Å². The van der Waals surface area contributed by atoms with Crippen molar-refractivity contribution in [1.29, 1.82) is 0 Å². The molecule has 2 aliphatic carbocycles. The summed E-state index contributed by atoms with van der Waals surface area (Å²) in [6.45, 7) is 1.62. The lowest BCUT2D eigenvalue weighted by Gasteiger charge is -2.34. The lowest BCUT2D eigenvalue weighted by atomic mass is 9.73. The highest BCUT2D eigenvalue weighted by atomic mass is 19.4. The van der Waals surface area contributed by atoms with Gasteiger partial charge in [-0.05, 0) is 55.6 Å². The summed E-state index contributed by atoms with van der Waals surface area (Å²) in [5.74, 6) is -0.846. The topological polar surface area (TPSA) is 49.3 Å². The molecule has 2 aliphatic rings. The minimum atomic E-state index is -6.14. The fourth-order valence-corrected chi connectivity index (χ4v) is 4.77. The Morgan fingerprint density at radius 3 is 2.30 bits per heavy atom. The van der Waals surface area contributed by atoms with Crippen LogP contribution in [0.4, 0.5) is 30.7 Å². The average molecular weight is 441 g/mol. The predicted molar refractivity (Wildman–Crippen MR) is 93.3 cm³/mol. The third-order valence-electron chi connectivity index (χ3n) is 6.20. The molecule has 0 saturated heterocycles. The largest absolute Gasteiger partial charge is 0.435 e. The Kier molecular flexibility index (Phi) is 5.85. The SMILES string of the molecule is CC(O)CNC(=O)[C@@H]1CCC2c3ccc(C(F)(C(F)(F)F)C(F)(F)F)cc3CCC21. The van der Waals surface area contributed by atoms with Crippen molar-refractivity contribution in [3.8, 4) is 0 Å². The van der Waals surface area contributed by atoms with Gasteiger partial charge < -0.3 is 10.4 Å². The van der Waals surface area contributed by atoms with Crippen LogP contribution in [0.15, 0.2) is 18.2 Å². The van der Waals surface area contributed by atoms with Crippen LogP contribution in [0.5, 0.6) is 0 Å². The monoisotopic (exact) mass is 441 g/mol. The zero-order valence-corrected chi connectivity index (χ0v) is 16.1.